The van der Waals surface area contributed by atoms with Crippen molar-refractivity contribution in [2.45, 2.75) is 31.6 Å². The molecule has 0 amide bonds. The normalized spacial score (nSPS) is 23.3. The van der Waals surface area contributed by atoms with Crippen LogP contribution in [0.1, 0.15) is 32.0 Å². The number of rotatable bonds is 3. The predicted octanol–water partition coefficient (Wildman–Crippen LogP) is 3.90. The van der Waals surface area contributed by atoms with E-state index in [4.69, 9.17) is 28.2 Å². The van der Waals surface area contributed by atoms with Crippen molar-refractivity contribution in [2.75, 3.05) is 13.1 Å². The van der Waals surface area contributed by atoms with E-state index in [0.717, 1.165) is 49.2 Å². The van der Waals surface area contributed by atoms with Crippen LogP contribution in [-0.4, -0.2) is 23.1 Å². The average molecular weight is 298 g/mol. The lowest BCUT2D eigenvalue weighted by atomic mass is 9.82. The molecule has 1 fully saturated rings. The quantitative estimate of drug-likeness (QED) is 0.902. The van der Waals surface area contributed by atoms with Gasteiger partial charge in [0.2, 0.25) is 0 Å². The van der Waals surface area contributed by atoms with Gasteiger partial charge >= 0.3 is 0 Å². The van der Waals surface area contributed by atoms with Crippen molar-refractivity contribution in [3.8, 4) is 0 Å². The van der Waals surface area contributed by atoms with E-state index < -0.39 is 0 Å². The molecule has 0 bridgehead atoms. The number of nitrogens with zero attached hydrogens (tertiary/aromatic N) is 1. The van der Waals surface area contributed by atoms with E-state index in [1.807, 2.05) is 12.1 Å². The van der Waals surface area contributed by atoms with Crippen LogP contribution in [0.2, 0.25) is 10.0 Å². The molecule has 0 saturated carbocycles. The van der Waals surface area contributed by atoms with Gasteiger partial charge in [-0.15, -0.1) is 0 Å². The summed E-state index contributed by atoms with van der Waals surface area (Å²) in [5, 5.41) is 4.58. The Morgan fingerprint density at radius 2 is 2.11 bits per heavy atom. The van der Waals surface area contributed by atoms with Gasteiger partial charge in [-0.1, -0.05) is 36.5 Å². The van der Waals surface area contributed by atoms with Crippen molar-refractivity contribution in [2.24, 2.45) is 0 Å². The van der Waals surface area contributed by atoms with Crippen LogP contribution in [0.25, 0.3) is 11.0 Å². The molecule has 1 aromatic carbocycles. The first kappa shape index (κ1) is 13.2. The molecular formula is C14H17Cl2N3. The van der Waals surface area contributed by atoms with Crippen LogP contribution in [0.5, 0.6) is 0 Å². The lowest BCUT2D eigenvalue weighted by Crippen LogP contribution is -2.30. The van der Waals surface area contributed by atoms with Gasteiger partial charge in [0.05, 0.1) is 21.1 Å². The summed E-state index contributed by atoms with van der Waals surface area (Å²) in [7, 11) is 0. The highest BCUT2D eigenvalue weighted by Crippen LogP contribution is 2.36. The van der Waals surface area contributed by atoms with E-state index in [1.54, 1.807) is 0 Å². The molecule has 1 saturated heterocycles. The molecule has 0 aliphatic carbocycles. The Bertz CT molecular complexity index is 561. The van der Waals surface area contributed by atoms with Crippen LogP contribution < -0.4 is 5.32 Å². The number of imidazole rings is 1. The van der Waals surface area contributed by atoms with Crippen LogP contribution in [0.15, 0.2) is 12.1 Å². The number of aromatic amines is 1. The maximum absolute atomic E-state index is 6.06. The standard InChI is InChI=1S/C14H17Cl2N3/c1-2-3-14(4-5-17-8-14)13-18-11-6-9(15)10(16)7-12(11)19-13/h6-7,17H,2-5,8H2,1H3,(H,18,19). The Labute approximate surface area is 122 Å². The zero-order valence-electron chi connectivity index (χ0n) is 10.9. The summed E-state index contributed by atoms with van der Waals surface area (Å²) in [6.07, 6.45) is 3.42. The second-order valence-electron chi connectivity index (χ2n) is 5.33. The fourth-order valence-corrected chi connectivity index (χ4v) is 3.33. The van der Waals surface area contributed by atoms with Crippen molar-refractivity contribution in [1.82, 2.24) is 15.3 Å². The van der Waals surface area contributed by atoms with E-state index >= 15 is 0 Å². The first-order valence-electron chi connectivity index (χ1n) is 6.70. The highest BCUT2D eigenvalue weighted by molar-refractivity contribution is 6.42. The fraction of sp³-hybridized carbons (Fsp3) is 0.500. The molecule has 1 atom stereocenters. The van der Waals surface area contributed by atoms with E-state index in [2.05, 4.69) is 17.2 Å². The number of nitrogens with one attached hydrogen (secondary N) is 2. The first-order valence-corrected chi connectivity index (χ1v) is 7.46. The Morgan fingerprint density at radius 1 is 1.32 bits per heavy atom. The minimum Gasteiger partial charge on any atom is -0.341 e. The van der Waals surface area contributed by atoms with Gasteiger partial charge in [-0.3, -0.25) is 0 Å². The highest BCUT2D eigenvalue weighted by atomic mass is 35.5. The van der Waals surface area contributed by atoms with Gasteiger partial charge in [-0.05, 0) is 31.5 Å². The van der Waals surface area contributed by atoms with Gasteiger partial charge in [0.15, 0.2) is 0 Å². The molecule has 3 nitrogen and oxygen atoms in total. The van der Waals surface area contributed by atoms with Gasteiger partial charge < -0.3 is 10.3 Å². The summed E-state index contributed by atoms with van der Waals surface area (Å²) < 4.78 is 0. The molecule has 1 aromatic heterocycles. The van der Waals surface area contributed by atoms with E-state index in [1.165, 1.54) is 0 Å². The zero-order valence-corrected chi connectivity index (χ0v) is 12.4. The maximum atomic E-state index is 6.06. The van der Waals surface area contributed by atoms with Crippen LogP contribution in [0.4, 0.5) is 0 Å². The number of benzene rings is 1. The van der Waals surface area contributed by atoms with Crippen LogP contribution in [0, 0.1) is 0 Å². The van der Waals surface area contributed by atoms with Gasteiger partial charge in [0, 0.05) is 12.0 Å². The Hall–Kier alpha value is -0.770. The fourth-order valence-electron chi connectivity index (χ4n) is 3.01. The molecule has 19 heavy (non-hydrogen) atoms. The number of aromatic nitrogens is 2. The van der Waals surface area contributed by atoms with Gasteiger partial charge in [-0.2, -0.15) is 0 Å². The number of fused-ring (bicyclic) bond motifs is 1. The molecule has 5 heteroatoms. The molecule has 2 heterocycles. The Balaban J connectivity index is 2.09. The van der Waals surface area contributed by atoms with Crippen LogP contribution in [0.3, 0.4) is 0 Å². The third kappa shape index (κ3) is 2.24. The smallest absolute Gasteiger partial charge is 0.114 e. The van der Waals surface area contributed by atoms with Gasteiger partial charge in [-0.25, -0.2) is 4.98 Å². The molecule has 1 unspecified atom stereocenters. The lowest BCUT2D eigenvalue weighted by Gasteiger charge is -2.25. The topological polar surface area (TPSA) is 40.7 Å². The Morgan fingerprint density at radius 3 is 2.79 bits per heavy atom. The molecule has 0 spiro atoms. The molecule has 2 N–H and O–H groups in total. The minimum atomic E-state index is 0.132. The lowest BCUT2D eigenvalue weighted by molar-refractivity contribution is 0.406. The Kier molecular flexibility index (Phi) is 3.46. The molecule has 0 radical (unpaired) electrons. The highest BCUT2D eigenvalue weighted by Gasteiger charge is 2.37. The minimum absolute atomic E-state index is 0.132. The van der Waals surface area contributed by atoms with Crippen molar-refractivity contribution in [1.29, 1.82) is 0 Å². The van der Waals surface area contributed by atoms with Crippen LogP contribution >= 0.6 is 23.2 Å². The van der Waals surface area contributed by atoms with Crippen molar-refractivity contribution < 1.29 is 0 Å². The summed E-state index contributed by atoms with van der Waals surface area (Å²) in [6.45, 7) is 4.26. The molecule has 1 aliphatic heterocycles. The molecular weight excluding hydrogens is 281 g/mol. The third-order valence-corrected chi connectivity index (χ3v) is 4.72. The zero-order chi connectivity index (χ0) is 13.5. The monoisotopic (exact) mass is 297 g/mol. The molecule has 2 aromatic rings. The van der Waals surface area contributed by atoms with Crippen molar-refractivity contribution in [3.05, 3.63) is 28.0 Å². The second kappa shape index (κ2) is 4.97. The van der Waals surface area contributed by atoms with Crippen molar-refractivity contribution in [3.63, 3.8) is 0 Å². The predicted molar refractivity (Wildman–Crippen MR) is 80.2 cm³/mol. The van der Waals surface area contributed by atoms with E-state index in [0.29, 0.717) is 10.0 Å². The first-order chi connectivity index (χ1) is 9.14. The summed E-state index contributed by atoms with van der Waals surface area (Å²) in [5.74, 6) is 1.06. The van der Waals surface area contributed by atoms with E-state index in [-0.39, 0.29) is 5.41 Å². The van der Waals surface area contributed by atoms with Gasteiger partial charge in [0.1, 0.15) is 5.82 Å². The molecule has 3 rings (SSSR count). The number of halogens is 2. The van der Waals surface area contributed by atoms with Crippen LogP contribution in [-0.2, 0) is 5.41 Å². The number of hydrogen-bond donors (Lipinski definition) is 2. The van der Waals surface area contributed by atoms with Crippen molar-refractivity contribution >= 4 is 34.2 Å². The largest absolute Gasteiger partial charge is 0.341 e. The maximum Gasteiger partial charge on any atom is 0.114 e. The number of hydrogen-bond acceptors (Lipinski definition) is 2. The van der Waals surface area contributed by atoms with Gasteiger partial charge in [0.25, 0.3) is 0 Å². The number of H-pyrrole nitrogens is 1. The summed E-state index contributed by atoms with van der Waals surface area (Å²) in [4.78, 5) is 8.19. The molecule has 1 aliphatic rings. The van der Waals surface area contributed by atoms with E-state index in [9.17, 15) is 0 Å². The second-order valence-corrected chi connectivity index (χ2v) is 6.14. The average Bonchev–Trinajstić information content (AvgIpc) is 2.98. The molecule has 102 valence electrons. The summed E-state index contributed by atoms with van der Waals surface area (Å²) in [5.41, 5.74) is 1.99. The third-order valence-electron chi connectivity index (χ3n) is 4.00. The summed E-state index contributed by atoms with van der Waals surface area (Å²) >= 11 is 12.1. The summed E-state index contributed by atoms with van der Waals surface area (Å²) in [6, 6.07) is 3.69. The SMILES string of the molecule is CCCC1(c2nc3cc(Cl)c(Cl)cc3[nH]2)CCNC1.